The Hall–Kier alpha value is -0.860. The van der Waals surface area contributed by atoms with Gasteiger partial charge in [-0.25, -0.2) is 0 Å². The molecule has 2 fully saturated rings. The van der Waals surface area contributed by atoms with Crippen LogP contribution in [-0.2, 0) is 0 Å². The number of hydrogen-bond acceptors (Lipinski definition) is 2. The Morgan fingerprint density at radius 2 is 1.90 bits per heavy atom. The number of nitrogens with zero attached hydrogens (tertiary/aromatic N) is 1. The van der Waals surface area contributed by atoms with E-state index in [1.54, 1.807) is 0 Å². The van der Waals surface area contributed by atoms with Gasteiger partial charge in [-0.2, -0.15) is 0 Å². The SMILES string of the molecule is CC(C)C1CN(C2CCCC2C)C(c2ccccc2)CN1. The van der Waals surface area contributed by atoms with Gasteiger partial charge in [0.2, 0.25) is 0 Å². The molecule has 21 heavy (non-hydrogen) atoms. The molecule has 1 aromatic rings. The van der Waals surface area contributed by atoms with Gasteiger partial charge >= 0.3 is 0 Å². The summed E-state index contributed by atoms with van der Waals surface area (Å²) in [7, 11) is 0. The molecule has 2 nitrogen and oxygen atoms in total. The van der Waals surface area contributed by atoms with E-state index in [1.807, 2.05) is 0 Å². The van der Waals surface area contributed by atoms with E-state index in [9.17, 15) is 0 Å². The van der Waals surface area contributed by atoms with Crippen LogP contribution in [0.2, 0.25) is 0 Å². The third kappa shape index (κ3) is 3.17. The second-order valence-electron chi connectivity index (χ2n) is 7.36. The number of rotatable bonds is 3. The van der Waals surface area contributed by atoms with Crippen molar-refractivity contribution in [2.75, 3.05) is 13.1 Å². The molecule has 2 heteroatoms. The number of benzene rings is 1. The fourth-order valence-electron chi connectivity index (χ4n) is 4.22. The first-order valence-electron chi connectivity index (χ1n) is 8.71. The normalized spacial score (nSPS) is 34.5. The lowest BCUT2D eigenvalue weighted by Crippen LogP contribution is -2.57. The van der Waals surface area contributed by atoms with Crippen molar-refractivity contribution in [2.45, 2.75) is 58.2 Å². The van der Waals surface area contributed by atoms with Crippen LogP contribution in [0.5, 0.6) is 0 Å². The Morgan fingerprint density at radius 3 is 2.52 bits per heavy atom. The fraction of sp³-hybridized carbons (Fsp3) is 0.684. The third-order valence-electron chi connectivity index (χ3n) is 5.61. The zero-order valence-electron chi connectivity index (χ0n) is 13.8. The predicted octanol–water partition coefficient (Wildman–Crippen LogP) is 3.85. The second kappa shape index (κ2) is 6.50. The largest absolute Gasteiger partial charge is 0.311 e. The number of piperazine rings is 1. The smallest absolute Gasteiger partial charge is 0.0476 e. The summed E-state index contributed by atoms with van der Waals surface area (Å²) in [5.41, 5.74) is 1.48. The van der Waals surface area contributed by atoms with E-state index in [4.69, 9.17) is 0 Å². The van der Waals surface area contributed by atoms with Crippen LogP contribution >= 0.6 is 0 Å². The molecule has 0 spiro atoms. The Kier molecular flexibility index (Phi) is 4.66. The van der Waals surface area contributed by atoms with Crippen molar-refractivity contribution < 1.29 is 0 Å². The molecule has 1 aliphatic heterocycles. The van der Waals surface area contributed by atoms with Gasteiger partial charge < -0.3 is 5.32 Å². The standard InChI is InChI=1S/C19H30N2/c1-14(2)17-13-21(18-11-7-8-15(18)3)19(12-20-17)16-9-5-4-6-10-16/h4-6,9-10,14-15,17-20H,7-8,11-13H2,1-3H3. The van der Waals surface area contributed by atoms with Crippen molar-refractivity contribution in [1.29, 1.82) is 0 Å². The second-order valence-corrected chi connectivity index (χ2v) is 7.36. The van der Waals surface area contributed by atoms with E-state index >= 15 is 0 Å². The van der Waals surface area contributed by atoms with Crippen molar-refractivity contribution in [1.82, 2.24) is 10.2 Å². The fourth-order valence-corrected chi connectivity index (χ4v) is 4.22. The molecule has 2 aliphatic rings. The Morgan fingerprint density at radius 1 is 1.14 bits per heavy atom. The molecule has 0 radical (unpaired) electrons. The van der Waals surface area contributed by atoms with Crippen LogP contribution in [0.25, 0.3) is 0 Å². The van der Waals surface area contributed by atoms with Crippen LogP contribution in [0, 0.1) is 11.8 Å². The van der Waals surface area contributed by atoms with Gasteiger partial charge in [0.25, 0.3) is 0 Å². The molecular weight excluding hydrogens is 256 g/mol. The van der Waals surface area contributed by atoms with Gasteiger partial charge in [-0.15, -0.1) is 0 Å². The first-order valence-corrected chi connectivity index (χ1v) is 8.71. The average molecular weight is 286 g/mol. The van der Waals surface area contributed by atoms with Gasteiger partial charge in [0, 0.05) is 31.2 Å². The first-order chi connectivity index (χ1) is 10.2. The maximum absolute atomic E-state index is 3.79. The van der Waals surface area contributed by atoms with Crippen LogP contribution in [0.15, 0.2) is 30.3 Å². The van der Waals surface area contributed by atoms with Crippen LogP contribution in [-0.4, -0.2) is 30.1 Å². The van der Waals surface area contributed by atoms with Crippen molar-refractivity contribution in [2.24, 2.45) is 11.8 Å². The molecule has 0 aromatic heterocycles. The minimum absolute atomic E-state index is 0.548. The molecule has 0 bridgehead atoms. The van der Waals surface area contributed by atoms with Gasteiger partial charge in [0.1, 0.15) is 0 Å². The Bertz CT molecular complexity index is 442. The molecule has 4 unspecified atom stereocenters. The molecular formula is C19H30N2. The highest BCUT2D eigenvalue weighted by Gasteiger charge is 2.38. The van der Waals surface area contributed by atoms with Crippen molar-refractivity contribution in [3.05, 3.63) is 35.9 Å². The molecule has 1 N–H and O–H groups in total. The summed E-state index contributed by atoms with van der Waals surface area (Å²) in [5, 5.41) is 3.79. The topological polar surface area (TPSA) is 15.3 Å². The highest BCUT2D eigenvalue weighted by molar-refractivity contribution is 5.21. The highest BCUT2D eigenvalue weighted by atomic mass is 15.3. The molecule has 3 rings (SSSR count). The lowest BCUT2D eigenvalue weighted by Gasteiger charge is -2.46. The van der Waals surface area contributed by atoms with Crippen LogP contribution < -0.4 is 5.32 Å². The molecule has 116 valence electrons. The maximum Gasteiger partial charge on any atom is 0.0476 e. The summed E-state index contributed by atoms with van der Waals surface area (Å²) in [4.78, 5) is 2.83. The minimum Gasteiger partial charge on any atom is -0.311 e. The van der Waals surface area contributed by atoms with Crippen molar-refractivity contribution in [3.8, 4) is 0 Å². The maximum atomic E-state index is 3.79. The third-order valence-corrected chi connectivity index (χ3v) is 5.61. The zero-order valence-corrected chi connectivity index (χ0v) is 13.8. The van der Waals surface area contributed by atoms with Gasteiger partial charge in [-0.1, -0.05) is 57.5 Å². The summed E-state index contributed by atoms with van der Waals surface area (Å²) < 4.78 is 0. The average Bonchev–Trinajstić information content (AvgIpc) is 2.93. The Labute approximate surface area is 129 Å². The predicted molar refractivity (Wildman–Crippen MR) is 89.3 cm³/mol. The van der Waals surface area contributed by atoms with E-state index in [0.717, 1.165) is 18.5 Å². The molecule has 1 heterocycles. The van der Waals surface area contributed by atoms with Gasteiger partial charge in [-0.3, -0.25) is 4.90 Å². The molecule has 1 aliphatic carbocycles. The minimum atomic E-state index is 0.548. The lowest BCUT2D eigenvalue weighted by molar-refractivity contribution is 0.0542. The highest BCUT2D eigenvalue weighted by Crippen LogP contribution is 2.36. The lowest BCUT2D eigenvalue weighted by atomic mass is 9.92. The van der Waals surface area contributed by atoms with Gasteiger partial charge in [-0.05, 0) is 30.2 Å². The van der Waals surface area contributed by atoms with E-state index in [-0.39, 0.29) is 0 Å². The molecule has 1 saturated carbocycles. The van der Waals surface area contributed by atoms with Crippen LogP contribution in [0.3, 0.4) is 0 Å². The monoisotopic (exact) mass is 286 g/mol. The van der Waals surface area contributed by atoms with Crippen LogP contribution in [0.1, 0.15) is 51.6 Å². The molecule has 0 amide bonds. The summed E-state index contributed by atoms with van der Waals surface area (Å²) in [5.74, 6) is 1.56. The quantitative estimate of drug-likeness (QED) is 0.908. The molecule has 4 atom stereocenters. The van der Waals surface area contributed by atoms with E-state index in [2.05, 4.69) is 61.3 Å². The van der Waals surface area contributed by atoms with E-state index < -0.39 is 0 Å². The summed E-state index contributed by atoms with van der Waals surface area (Å²) in [6.45, 7) is 9.43. The van der Waals surface area contributed by atoms with Gasteiger partial charge in [0.15, 0.2) is 0 Å². The Balaban J connectivity index is 1.84. The number of nitrogens with one attached hydrogen (secondary N) is 1. The van der Waals surface area contributed by atoms with E-state index in [0.29, 0.717) is 18.0 Å². The zero-order chi connectivity index (χ0) is 14.8. The van der Waals surface area contributed by atoms with Crippen molar-refractivity contribution in [3.63, 3.8) is 0 Å². The summed E-state index contributed by atoms with van der Waals surface area (Å²) >= 11 is 0. The van der Waals surface area contributed by atoms with Gasteiger partial charge in [0.05, 0.1) is 0 Å². The first kappa shape index (κ1) is 15.1. The summed E-state index contributed by atoms with van der Waals surface area (Å²) in [6.07, 6.45) is 4.20. The molecule has 1 aromatic carbocycles. The summed E-state index contributed by atoms with van der Waals surface area (Å²) in [6, 6.07) is 13.0. The molecule has 1 saturated heterocycles. The van der Waals surface area contributed by atoms with Crippen molar-refractivity contribution >= 4 is 0 Å². The van der Waals surface area contributed by atoms with Crippen LogP contribution in [0.4, 0.5) is 0 Å². The number of hydrogen-bond donors (Lipinski definition) is 1. The van der Waals surface area contributed by atoms with E-state index in [1.165, 1.54) is 31.4 Å².